The number of amides is 1. The number of nitrogens with one attached hydrogen (secondary N) is 1. The summed E-state index contributed by atoms with van der Waals surface area (Å²) >= 11 is 0. The molecule has 150 valence electrons. The third kappa shape index (κ3) is 3.52. The van der Waals surface area contributed by atoms with Gasteiger partial charge in [-0.15, -0.1) is 0 Å². The molecule has 0 bridgehead atoms. The Morgan fingerprint density at radius 3 is 2.47 bits per heavy atom. The van der Waals surface area contributed by atoms with Crippen molar-refractivity contribution in [3.8, 4) is 5.69 Å². The van der Waals surface area contributed by atoms with E-state index in [0.29, 0.717) is 24.6 Å². The van der Waals surface area contributed by atoms with Gasteiger partial charge in [-0.05, 0) is 47.9 Å². The van der Waals surface area contributed by atoms with Crippen LogP contribution in [0, 0.1) is 0 Å². The van der Waals surface area contributed by atoms with E-state index in [1.807, 2.05) is 72.8 Å². The third-order valence-electron chi connectivity index (χ3n) is 5.44. The number of carbonyl (C=O) groups is 1. The number of hydrogen-bond donors (Lipinski definition) is 1. The molecule has 0 saturated heterocycles. The molecule has 1 aliphatic rings. The van der Waals surface area contributed by atoms with Gasteiger partial charge in [-0.3, -0.25) is 4.79 Å². The minimum absolute atomic E-state index is 0.154. The van der Waals surface area contributed by atoms with E-state index in [9.17, 15) is 9.59 Å². The lowest BCUT2D eigenvalue weighted by molar-refractivity contribution is 0.0952. The van der Waals surface area contributed by atoms with Crippen LogP contribution in [0.2, 0.25) is 0 Å². The Morgan fingerprint density at radius 1 is 0.967 bits per heavy atom. The first-order valence-corrected chi connectivity index (χ1v) is 10.2. The van der Waals surface area contributed by atoms with E-state index >= 15 is 0 Å². The molecule has 0 atom stereocenters. The zero-order valence-electron chi connectivity index (χ0n) is 16.5. The number of para-hydroxylation sites is 1. The van der Waals surface area contributed by atoms with E-state index in [1.165, 1.54) is 4.68 Å². The number of benzene rings is 3. The summed E-state index contributed by atoms with van der Waals surface area (Å²) < 4.78 is 3.16. The van der Waals surface area contributed by atoms with Gasteiger partial charge in [0.1, 0.15) is 5.82 Å². The van der Waals surface area contributed by atoms with Gasteiger partial charge in [-0.1, -0.05) is 48.5 Å². The fraction of sp³-hybridized carbons (Fsp3) is 0.208. The molecule has 1 amide bonds. The van der Waals surface area contributed by atoms with E-state index in [0.717, 1.165) is 35.1 Å². The lowest BCUT2D eigenvalue weighted by atomic mass is 10.1. The van der Waals surface area contributed by atoms with Crippen molar-refractivity contribution in [2.45, 2.75) is 25.3 Å². The largest absolute Gasteiger partial charge is 0.350 e. The molecule has 5 rings (SSSR count). The summed E-state index contributed by atoms with van der Waals surface area (Å²) in [5, 5.41) is 9.60. The standard InChI is InChI=1S/C24H22N4O2/c29-23(20-13-10-17-6-4-5-7-19(17)16-20)25-14-15-27-24(30)28(21-8-2-1-3-9-21)22(26-27)18-11-12-18/h1-10,13,16,18H,11-12,14-15H2,(H,25,29). The molecule has 0 aliphatic heterocycles. The first-order chi connectivity index (χ1) is 14.7. The van der Waals surface area contributed by atoms with Crippen LogP contribution in [0.25, 0.3) is 16.5 Å². The minimum Gasteiger partial charge on any atom is -0.350 e. The fourth-order valence-corrected chi connectivity index (χ4v) is 3.70. The predicted molar refractivity (Wildman–Crippen MR) is 116 cm³/mol. The summed E-state index contributed by atoms with van der Waals surface area (Å²) in [6, 6.07) is 23.2. The lowest BCUT2D eigenvalue weighted by Crippen LogP contribution is -2.32. The van der Waals surface area contributed by atoms with Crippen molar-refractivity contribution in [2.24, 2.45) is 0 Å². The molecule has 0 spiro atoms. The van der Waals surface area contributed by atoms with Crippen molar-refractivity contribution >= 4 is 16.7 Å². The summed E-state index contributed by atoms with van der Waals surface area (Å²) in [6.07, 6.45) is 2.12. The van der Waals surface area contributed by atoms with Crippen LogP contribution < -0.4 is 11.0 Å². The Morgan fingerprint density at radius 2 is 1.70 bits per heavy atom. The highest BCUT2D eigenvalue weighted by molar-refractivity contribution is 5.98. The minimum atomic E-state index is -0.164. The normalized spacial score (nSPS) is 13.5. The first-order valence-electron chi connectivity index (χ1n) is 10.2. The number of carbonyl (C=O) groups excluding carboxylic acids is 1. The van der Waals surface area contributed by atoms with Crippen LogP contribution in [0.5, 0.6) is 0 Å². The van der Waals surface area contributed by atoms with Gasteiger partial charge in [0.2, 0.25) is 0 Å². The van der Waals surface area contributed by atoms with E-state index in [1.54, 1.807) is 4.57 Å². The van der Waals surface area contributed by atoms with E-state index in [4.69, 9.17) is 0 Å². The summed E-state index contributed by atoms with van der Waals surface area (Å²) in [6.45, 7) is 0.666. The molecule has 3 aromatic carbocycles. The second-order valence-electron chi connectivity index (χ2n) is 7.63. The van der Waals surface area contributed by atoms with Crippen LogP contribution in [-0.4, -0.2) is 26.8 Å². The molecular formula is C24H22N4O2. The van der Waals surface area contributed by atoms with Crippen LogP contribution in [0.4, 0.5) is 0 Å². The van der Waals surface area contributed by atoms with Crippen molar-refractivity contribution in [1.29, 1.82) is 0 Å². The summed E-state index contributed by atoms with van der Waals surface area (Å²) in [5.41, 5.74) is 1.27. The average molecular weight is 398 g/mol. The van der Waals surface area contributed by atoms with Crippen molar-refractivity contribution in [1.82, 2.24) is 19.7 Å². The SMILES string of the molecule is O=C(NCCn1nc(C2CC2)n(-c2ccccc2)c1=O)c1ccc2ccccc2c1. The molecule has 0 unspecified atom stereocenters. The molecule has 4 aromatic rings. The van der Waals surface area contributed by atoms with Crippen LogP contribution in [0.1, 0.15) is 34.9 Å². The van der Waals surface area contributed by atoms with Crippen molar-refractivity contribution in [3.05, 3.63) is 94.7 Å². The van der Waals surface area contributed by atoms with Crippen molar-refractivity contribution < 1.29 is 4.79 Å². The van der Waals surface area contributed by atoms with Gasteiger partial charge in [0.25, 0.3) is 5.91 Å². The highest BCUT2D eigenvalue weighted by Gasteiger charge is 2.31. The molecule has 6 heteroatoms. The van der Waals surface area contributed by atoms with Crippen molar-refractivity contribution in [3.63, 3.8) is 0 Å². The zero-order chi connectivity index (χ0) is 20.5. The molecule has 0 radical (unpaired) electrons. The maximum absolute atomic E-state index is 13.0. The van der Waals surface area contributed by atoms with E-state index in [2.05, 4.69) is 10.4 Å². The van der Waals surface area contributed by atoms with Crippen LogP contribution in [0.15, 0.2) is 77.6 Å². The van der Waals surface area contributed by atoms with Gasteiger partial charge in [0.05, 0.1) is 12.2 Å². The second kappa shape index (κ2) is 7.63. The Bertz CT molecular complexity index is 1270. The molecule has 1 aliphatic carbocycles. The van der Waals surface area contributed by atoms with Gasteiger partial charge in [0.15, 0.2) is 0 Å². The quantitative estimate of drug-likeness (QED) is 0.541. The third-order valence-corrected chi connectivity index (χ3v) is 5.44. The van der Waals surface area contributed by atoms with Gasteiger partial charge in [-0.25, -0.2) is 14.0 Å². The van der Waals surface area contributed by atoms with E-state index < -0.39 is 0 Å². The highest BCUT2D eigenvalue weighted by Crippen LogP contribution is 2.39. The molecule has 1 fully saturated rings. The molecule has 1 N–H and O–H groups in total. The summed E-state index contributed by atoms with van der Waals surface area (Å²) in [7, 11) is 0. The number of rotatable bonds is 6. The first kappa shape index (κ1) is 18.4. The topological polar surface area (TPSA) is 68.9 Å². The molecule has 30 heavy (non-hydrogen) atoms. The Balaban J connectivity index is 1.31. The van der Waals surface area contributed by atoms with Crippen LogP contribution in [-0.2, 0) is 6.54 Å². The second-order valence-corrected chi connectivity index (χ2v) is 7.63. The molecule has 1 aromatic heterocycles. The van der Waals surface area contributed by atoms with Crippen molar-refractivity contribution in [2.75, 3.05) is 6.54 Å². The zero-order valence-corrected chi connectivity index (χ0v) is 16.5. The van der Waals surface area contributed by atoms with E-state index in [-0.39, 0.29) is 11.6 Å². The highest BCUT2D eigenvalue weighted by atomic mass is 16.2. The molecular weight excluding hydrogens is 376 g/mol. The summed E-state index contributed by atoms with van der Waals surface area (Å²) in [4.78, 5) is 25.5. The van der Waals surface area contributed by atoms with Gasteiger partial charge in [-0.2, -0.15) is 5.10 Å². The lowest BCUT2D eigenvalue weighted by Gasteiger charge is -2.06. The van der Waals surface area contributed by atoms with Crippen LogP contribution in [0.3, 0.4) is 0 Å². The average Bonchev–Trinajstić information content (AvgIpc) is 3.58. The predicted octanol–water partition coefficient (Wildman–Crippen LogP) is 3.49. The number of aromatic nitrogens is 3. The Kier molecular flexibility index (Phi) is 4.67. The maximum Gasteiger partial charge on any atom is 0.350 e. The van der Waals surface area contributed by atoms with Gasteiger partial charge < -0.3 is 5.32 Å². The Labute approximate surface area is 173 Å². The molecule has 1 heterocycles. The Hall–Kier alpha value is -3.67. The smallest absolute Gasteiger partial charge is 0.350 e. The van der Waals surface area contributed by atoms with Gasteiger partial charge >= 0.3 is 5.69 Å². The maximum atomic E-state index is 13.0. The number of hydrogen-bond acceptors (Lipinski definition) is 3. The molecule has 6 nitrogen and oxygen atoms in total. The molecule has 1 saturated carbocycles. The van der Waals surface area contributed by atoms with Gasteiger partial charge in [0, 0.05) is 18.0 Å². The monoisotopic (exact) mass is 398 g/mol. The summed E-state index contributed by atoms with van der Waals surface area (Å²) in [5.74, 6) is 0.997. The van der Waals surface area contributed by atoms with Crippen LogP contribution >= 0.6 is 0 Å². The fourth-order valence-electron chi connectivity index (χ4n) is 3.70. The number of nitrogens with zero attached hydrogens (tertiary/aromatic N) is 3. The number of fused-ring (bicyclic) bond motifs is 1.